The topological polar surface area (TPSA) is 98.5 Å². The molecule has 3 aromatic rings. The van der Waals surface area contributed by atoms with Crippen LogP contribution < -0.4 is 4.74 Å². The molecule has 0 unspecified atom stereocenters. The SMILES string of the molecule is CCCOc1ccc(S(=O)(=O)n2c(CCCC(=O)O)cc3nc(Cl)ccc32)cc1. The predicted molar refractivity (Wildman–Crippen MR) is 110 cm³/mol. The van der Waals surface area contributed by atoms with E-state index in [0.717, 1.165) is 6.42 Å². The van der Waals surface area contributed by atoms with Gasteiger partial charge in [-0.15, -0.1) is 0 Å². The van der Waals surface area contributed by atoms with Gasteiger partial charge in [-0.3, -0.25) is 4.79 Å². The molecule has 0 aliphatic carbocycles. The van der Waals surface area contributed by atoms with Crippen LogP contribution in [0.1, 0.15) is 31.9 Å². The second-order valence-electron chi connectivity index (χ2n) is 6.51. The molecule has 0 fully saturated rings. The zero-order valence-electron chi connectivity index (χ0n) is 15.8. The van der Waals surface area contributed by atoms with Gasteiger partial charge in [0.25, 0.3) is 10.0 Å². The van der Waals surface area contributed by atoms with E-state index >= 15 is 0 Å². The van der Waals surface area contributed by atoms with Gasteiger partial charge in [0.05, 0.1) is 22.5 Å². The van der Waals surface area contributed by atoms with Gasteiger partial charge in [0.15, 0.2) is 0 Å². The highest BCUT2D eigenvalue weighted by molar-refractivity contribution is 7.90. The lowest BCUT2D eigenvalue weighted by atomic mass is 10.2. The molecule has 0 spiro atoms. The summed E-state index contributed by atoms with van der Waals surface area (Å²) in [5, 5.41) is 9.15. The molecule has 0 aliphatic heterocycles. The van der Waals surface area contributed by atoms with Crippen LogP contribution in [0.5, 0.6) is 5.75 Å². The monoisotopic (exact) mass is 436 g/mol. The quantitative estimate of drug-likeness (QED) is 0.506. The standard InChI is InChI=1S/C20H21ClN2O5S/c1-2-12-28-15-6-8-16(9-7-15)29(26,27)23-14(4-3-5-20(24)25)13-17-18(23)10-11-19(21)22-17/h6-11,13H,2-5,12H2,1H3,(H,24,25). The third kappa shape index (κ3) is 4.71. The number of hydrogen-bond acceptors (Lipinski definition) is 5. The molecular formula is C20H21ClN2O5S. The van der Waals surface area contributed by atoms with Gasteiger partial charge in [-0.25, -0.2) is 17.4 Å². The van der Waals surface area contributed by atoms with E-state index in [2.05, 4.69) is 4.98 Å². The van der Waals surface area contributed by atoms with E-state index < -0.39 is 16.0 Å². The molecule has 154 valence electrons. The number of carboxylic acid groups (broad SMARTS) is 1. The van der Waals surface area contributed by atoms with Crippen molar-refractivity contribution in [2.75, 3.05) is 6.61 Å². The van der Waals surface area contributed by atoms with E-state index in [9.17, 15) is 13.2 Å². The Bertz CT molecular complexity index is 1120. The number of ether oxygens (including phenoxy) is 1. The second kappa shape index (κ2) is 8.84. The van der Waals surface area contributed by atoms with Crippen molar-refractivity contribution in [3.63, 3.8) is 0 Å². The van der Waals surface area contributed by atoms with Crippen molar-refractivity contribution in [1.82, 2.24) is 8.96 Å². The van der Waals surface area contributed by atoms with Gasteiger partial charge < -0.3 is 9.84 Å². The van der Waals surface area contributed by atoms with Crippen LogP contribution in [0, 0.1) is 0 Å². The van der Waals surface area contributed by atoms with Crippen molar-refractivity contribution in [3.8, 4) is 5.75 Å². The summed E-state index contributed by atoms with van der Waals surface area (Å²) in [6, 6.07) is 11.0. The fraction of sp³-hybridized carbons (Fsp3) is 0.300. The van der Waals surface area contributed by atoms with Gasteiger partial charge in [0, 0.05) is 12.1 Å². The number of carboxylic acids is 1. The third-order valence-electron chi connectivity index (χ3n) is 4.31. The van der Waals surface area contributed by atoms with E-state index in [4.69, 9.17) is 21.4 Å². The van der Waals surface area contributed by atoms with Crippen LogP contribution in [0.15, 0.2) is 47.4 Å². The van der Waals surface area contributed by atoms with Gasteiger partial charge in [0.1, 0.15) is 10.9 Å². The normalized spacial score (nSPS) is 11.7. The number of aryl methyl sites for hydroxylation is 1. The van der Waals surface area contributed by atoms with Gasteiger partial charge in [-0.2, -0.15) is 0 Å². The molecule has 0 saturated heterocycles. The van der Waals surface area contributed by atoms with Crippen LogP contribution in [0.4, 0.5) is 0 Å². The summed E-state index contributed by atoms with van der Waals surface area (Å²) in [5.74, 6) is -0.336. The first kappa shape index (κ1) is 21.1. The minimum absolute atomic E-state index is 0.0563. The highest BCUT2D eigenvalue weighted by atomic mass is 35.5. The van der Waals surface area contributed by atoms with Crippen LogP contribution in [-0.4, -0.2) is 35.1 Å². The lowest BCUT2D eigenvalue weighted by molar-refractivity contribution is -0.137. The number of nitrogens with zero attached hydrogens (tertiary/aromatic N) is 2. The summed E-state index contributed by atoms with van der Waals surface area (Å²) in [6.07, 6.45) is 1.37. The Kier molecular flexibility index (Phi) is 6.44. The first-order chi connectivity index (χ1) is 13.8. The largest absolute Gasteiger partial charge is 0.494 e. The molecular weight excluding hydrogens is 416 g/mol. The Hall–Kier alpha value is -2.58. The fourth-order valence-corrected chi connectivity index (χ4v) is 4.71. The molecule has 0 radical (unpaired) electrons. The number of fused-ring (bicyclic) bond motifs is 1. The number of benzene rings is 1. The van der Waals surface area contributed by atoms with E-state index in [1.807, 2.05) is 6.92 Å². The Balaban J connectivity index is 2.04. The molecule has 0 saturated carbocycles. The molecule has 7 nitrogen and oxygen atoms in total. The average molecular weight is 437 g/mol. The number of halogens is 1. The summed E-state index contributed by atoms with van der Waals surface area (Å²) in [4.78, 5) is 15.2. The number of aliphatic carboxylic acids is 1. The van der Waals surface area contributed by atoms with E-state index in [-0.39, 0.29) is 22.9 Å². The average Bonchev–Trinajstić information content (AvgIpc) is 3.04. The zero-order chi connectivity index (χ0) is 21.0. The number of carbonyl (C=O) groups is 1. The predicted octanol–water partition coefficient (Wildman–Crippen LogP) is 4.12. The lowest BCUT2D eigenvalue weighted by Gasteiger charge is -2.12. The molecule has 29 heavy (non-hydrogen) atoms. The molecule has 1 aromatic carbocycles. The van der Waals surface area contributed by atoms with Crippen molar-refractivity contribution in [3.05, 3.63) is 53.3 Å². The molecule has 0 aliphatic rings. The van der Waals surface area contributed by atoms with Crippen LogP contribution in [-0.2, 0) is 21.2 Å². The first-order valence-corrected chi connectivity index (χ1v) is 11.0. The summed E-state index contributed by atoms with van der Waals surface area (Å²) in [6.45, 7) is 2.54. The van der Waals surface area contributed by atoms with Crippen molar-refractivity contribution in [1.29, 1.82) is 0 Å². The van der Waals surface area contributed by atoms with E-state index in [1.165, 1.54) is 22.2 Å². The van der Waals surface area contributed by atoms with Gasteiger partial charge >= 0.3 is 5.97 Å². The first-order valence-electron chi connectivity index (χ1n) is 9.20. The second-order valence-corrected chi connectivity index (χ2v) is 8.68. The Labute approximate surface area is 173 Å². The molecule has 3 rings (SSSR count). The minimum atomic E-state index is -3.92. The highest BCUT2D eigenvalue weighted by Gasteiger charge is 2.24. The highest BCUT2D eigenvalue weighted by Crippen LogP contribution is 2.28. The number of aromatic nitrogens is 2. The van der Waals surface area contributed by atoms with E-state index in [0.29, 0.717) is 35.5 Å². The molecule has 0 bridgehead atoms. The zero-order valence-corrected chi connectivity index (χ0v) is 17.4. The molecule has 0 atom stereocenters. The number of rotatable bonds is 9. The summed E-state index contributed by atoms with van der Waals surface area (Å²) >= 11 is 5.96. The van der Waals surface area contributed by atoms with Crippen LogP contribution in [0.25, 0.3) is 11.0 Å². The molecule has 2 aromatic heterocycles. The smallest absolute Gasteiger partial charge is 0.303 e. The van der Waals surface area contributed by atoms with Crippen LogP contribution in [0.3, 0.4) is 0 Å². The molecule has 1 N–H and O–H groups in total. The van der Waals surface area contributed by atoms with Crippen molar-refractivity contribution in [2.45, 2.75) is 37.5 Å². The van der Waals surface area contributed by atoms with Crippen LogP contribution >= 0.6 is 11.6 Å². The van der Waals surface area contributed by atoms with E-state index in [1.54, 1.807) is 24.3 Å². The summed E-state index contributed by atoms with van der Waals surface area (Å²) in [5.41, 5.74) is 1.29. The van der Waals surface area contributed by atoms with Gasteiger partial charge in [-0.05, 0) is 61.7 Å². The number of hydrogen-bond donors (Lipinski definition) is 1. The maximum absolute atomic E-state index is 13.4. The van der Waals surface area contributed by atoms with Crippen molar-refractivity contribution in [2.24, 2.45) is 0 Å². The molecule has 0 amide bonds. The Morgan fingerprint density at radius 1 is 1.21 bits per heavy atom. The Morgan fingerprint density at radius 3 is 2.59 bits per heavy atom. The third-order valence-corrected chi connectivity index (χ3v) is 6.30. The maximum Gasteiger partial charge on any atom is 0.303 e. The maximum atomic E-state index is 13.4. The molecule has 9 heteroatoms. The number of pyridine rings is 1. The fourth-order valence-electron chi connectivity index (χ4n) is 3.00. The van der Waals surface area contributed by atoms with Crippen LogP contribution in [0.2, 0.25) is 5.15 Å². The van der Waals surface area contributed by atoms with Crippen molar-refractivity contribution < 1.29 is 23.1 Å². The summed E-state index contributed by atoms with van der Waals surface area (Å²) < 4.78 is 33.5. The van der Waals surface area contributed by atoms with Gasteiger partial charge in [0.2, 0.25) is 0 Å². The lowest BCUT2D eigenvalue weighted by Crippen LogP contribution is -2.16. The van der Waals surface area contributed by atoms with Gasteiger partial charge in [-0.1, -0.05) is 18.5 Å². The minimum Gasteiger partial charge on any atom is -0.494 e. The molecule has 2 heterocycles. The van der Waals surface area contributed by atoms with Crippen molar-refractivity contribution >= 4 is 38.6 Å². The Morgan fingerprint density at radius 2 is 1.93 bits per heavy atom. The summed E-state index contributed by atoms with van der Waals surface area (Å²) in [7, 11) is -3.92.